The van der Waals surface area contributed by atoms with E-state index in [-0.39, 0.29) is 25.3 Å². The topological polar surface area (TPSA) is 110 Å². The average molecular weight is 712 g/mol. The number of benzene rings is 4. The molecule has 10 heteroatoms. The Morgan fingerprint density at radius 2 is 1.57 bits per heavy atom. The van der Waals surface area contributed by atoms with Crippen molar-refractivity contribution in [2.45, 2.75) is 76.3 Å². The normalized spacial score (nSPS) is 19.1. The number of nitrogens with one attached hydrogen (secondary N) is 1. The van der Waals surface area contributed by atoms with Crippen molar-refractivity contribution >= 4 is 21.6 Å². The van der Waals surface area contributed by atoms with Gasteiger partial charge in [0.1, 0.15) is 37.4 Å². The molecule has 2 aliphatic rings. The molecule has 1 heterocycles. The average Bonchev–Trinajstić information content (AvgIpc) is 3.51. The largest absolute Gasteiger partial charge is 0.491 e. The van der Waals surface area contributed by atoms with Gasteiger partial charge in [-0.3, -0.25) is 4.31 Å². The molecule has 9 nitrogen and oxygen atoms in total. The maximum atomic E-state index is 13.1. The van der Waals surface area contributed by atoms with E-state index in [4.69, 9.17) is 14.2 Å². The van der Waals surface area contributed by atoms with Gasteiger partial charge in [0.2, 0.25) is 15.9 Å². The molecule has 1 atom stereocenters. The van der Waals surface area contributed by atoms with Crippen LogP contribution in [0.25, 0.3) is 0 Å². The number of aliphatic hydroxyl groups excluding tert-OH is 1. The van der Waals surface area contributed by atoms with Gasteiger partial charge in [-0.25, -0.2) is 13.4 Å². The Morgan fingerprint density at radius 1 is 0.902 bits per heavy atom. The van der Waals surface area contributed by atoms with Crippen LogP contribution in [0.5, 0.6) is 11.5 Å². The Kier molecular flexibility index (Phi) is 11.6. The molecule has 0 unspecified atom stereocenters. The molecule has 51 heavy (non-hydrogen) atoms. The minimum absolute atomic E-state index is 0.0576. The first-order valence-electron chi connectivity index (χ1n) is 17.7. The molecule has 270 valence electrons. The molecule has 1 saturated carbocycles. The van der Waals surface area contributed by atoms with Gasteiger partial charge in [-0.1, -0.05) is 72.8 Å². The minimum atomic E-state index is -3.69. The van der Waals surface area contributed by atoms with Gasteiger partial charge in [-0.2, -0.15) is 0 Å². The third-order valence-corrected chi connectivity index (χ3v) is 10.5. The highest BCUT2D eigenvalue weighted by Crippen LogP contribution is 2.36. The van der Waals surface area contributed by atoms with Crippen LogP contribution in [-0.2, 0) is 27.9 Å². The van der Waals surface area contributed by atoms with Gasteiger partial charge in [0, 0.05) is 24.2 Å². The number of nitrogens with zero attached hydrogens (tertiary/aromatic N) is 2. The van der Waals surface area contributed by atoms with E-state index in [9.17, 15) is 13.5 Å². The molecule has 0 aromatic heterocycles. The van der Waals surface area contributed by atoms with Crippen LogP contribution in [0.1, 0.15) is 67.7 Å². The number of hydrogen-bond acceptors (Lipinski definition) is 8. The first-order chi connectivity index (χ1) is 24.5. The Balaban J connectivity index is 1.03. The second-order valence-electron chi connectivity index (χ2n) is 14.2. The van der Waals surface area contributed by atoms with Crippen molar-refractivity contribution < 1.29 is 27.7 Å². The summed E-state index contributed by atoms with van der Waals surface area (Å²) in [5.74, 6) is 2.10. The summed E-state index contributed by atoms with van der Waals surface area (Å²) in [6, 6.07) is 33.3. The molecule has 2 N–H and O–H groups in total. The van der Waals surface area contributed by atoms with Crippen molar-refractivity contribution in [2.24, 2.45) is 4.99 Å². The van der Waals surface area contributed by atoms with Crippen LogP contribution in [0, 0.1) is 0 Å². The molecular weight excluding hydrogens is 663 g/mol. The SMILES string of the molecule is CC1(C)COC(c2ccc(C3CCC(NC[C@H](O)COc4ccc(OCc5ccccc5)c(N(Cc5ccccc5)S(C)(=O)=O)c4)CC3)cc2)=N1. The van der Waals surface area contributed by atoms with Gasteiger partial charge >= 0.3 is 0 Å². The van der Waals surface area contributed by atoms with E-state index in [1.807, 2.05) is 60.7 Å². The fourth-order valence-electron chi connectivity index (χ4n) is 6.58. The summed E-state index contributed by atoms with van der Waals surface area (Å²) in [5, 5.41) is 14.4. The zero-order chi connectivity index (χ0) is 35.8. The molecule has 0 saturated heterocycles. The number of sulfonamides is 1. The monoisotopic (exact) mass is 711 g/mol. The summed E-state index contributed by atoms with van der Waals surface area (Å²) in [6.45, 7) is 5.64. The van der Waals surface area contributed by atoms with Crippen molar-refractivity contribution in [3.8, 4) is 11.5 Å². The standard InChI is InChI=1S/C41H49N3O6S/c1-41(2)29-50-40(43-41)34-16-14-32(15-17-34)33-18-20-35(21-19-33)42-25-36(45)28-48-37-22-23-39(49-27-31-12-8-5-9-13-31)38(24-37)44(51(3,46)47)26-30-10-6-4-7-11-30/h4-17,22-24,33,35-36,42,45H,18-21,25-29H2,1-3H3/t33?,35?,36-/m0/s1. The first kappa shape index (κ1) is 36.4. The van der Waals surface area contributed by atoms with E-state index in [0.717, 1.165) is 48.3 Å². The number of anilines is 1. The van der Waals surface area contributed by atoms with E-state index in [1.54, 1.807) is 18.2 Å². The number of ether oxygens (including phenoxy) is 3. The van der Waals surface area contributed by atoms with Gasteiger partial charge in [-0.05, 0) is 86.4 Å². The quantitative estimate of drug-likeness (QED) is 0.139. The van der Waals surface area contributed by atoms with E-state index in [0.29, 0.717) is 42.3 Å². The van der Waals surface area contributed by atoms with Gasteiger partial charge < -0.3 is 24.6 Å². The van der Waals surface area contributed by atoms with Crippen LogP contribution in [-0.4, -0.2) is 63.1 Å². The van der Waals surface area contributed by atoms with Gasteiger partial charge in [0.25, 0.3) is 0 Å². The summed E-state index contributed by atoms with van der Waals surface area (Å²) in [7, 11) is -3.69. The zero-order valence-corrected chi connectivity index (χ0v) is 30.5. The van der Waals surface area contributed by atoms with E-state index in [1.165, 1.54) is 16.1 Å². The lowest BCUT2D eigenvalue weighted by Gasteiger charge is -2.30. The predicted molar refractivity (Wildman–Crippen MR) is 202 cm³/mol. The first-order valence-corrected chi connectivity index (χ1v) is 19.6. The van der Waals surface area contributed by atoms with Crippen LogP contribution in [0.15, 0.2) is 108 Å². The fourth-order valence-corrected chi connectivity index (χ4v) is 7.47. The van der Waals surface area contributed by atoms with Crippen LogP contribution in [0.3, 0.4) is 0 Å². The van der Waals surface area contributed by atoms with Crippen molar-refractivity contribution in [1.82, 2.24) is 5.32 Å². The predicted octanol–water partition coefficient (Wildman–Crippen LogP) is 6.84. The molecular formula is C41H49N3O6S. The number of hydrogen-bond donors (Lipinski definition) is 2. The lowest BCUT2D eigenvalue weighted by Crippen LogP contribution is -2.39. The summed E-state index contributed by atoms with van der Waals surface area (Å²) in [4.78, 5) is 4.69. The van der Waals surface area contributed by atoms with Crippen molar-refractivity contribution in [1.29, 1.82) is 0 Å². The number of aliphatic imine (C=N–C) groups is 1. The molecule has 1 fully saturated rings. The maximum Gasteiger partial charge on any atom is 0.232 e. The molecule has 0 spiro atoms. The minimum Gasteiger partial charge on any atom is -0.491 e. The highest BCUT2D eigenvalue weighted by atomic mass is 32.2. The maximum absolute atomic E-state index is 13.1. The van der Waals surface area contributed by atoms with Crippen LogP contribution < -0.4 is 19.1 Å². The lowest BCUT2D eigenvalue weighted by molar-refractivity contribution is 0.101. The van der Waals surface area contributed by atoms with Crippen molar-refractivity contribution in [3.63, 3.8) is 0 Å². The van der Waals surface area contributed by atoms with Crippen LogP contribution >= 0.6 is 0 Å². The summed E-state index contributed by atoms with van der Waals surface area (Å²) >= 11 is 0. The van der Waals surface area contributed by atoms with Crippen LogP contribution in [0.4, 0.5) is 5.69 Å². The summed E-state index contributed by atoms with van der Waals surface area (Å²) < 4.78 is 45.6. The molecule has 1 aliphatic carbocycles. The zero-order valence-electron chi connectivity index (χ0n) is 29.7. The van der Waals surface area contributed by atoms with E-state index >= 15 is 0 Å². The summed E-state index contributed by atoms with van der Waals surface area (Å²) in [6.07, 6.45) is 4.66. The van der Waals surface area contributed by atoms with Crippen LogP contribution in [0.2, 0.25) is 0 Å². The molecule has 1 aliphatic heterocycles. The van der Waals surface area contributed by atoms with E-state index < -0.39 is 16.1 Å². The highest BCUT2D eigenvalue weighted by molar-refractivity contribution is 7.92. The third-order valence-electron chi connectivity index (χ3n) is 9.41. The van der Waals surface area contributed by atoms with Gasteiger partial charge in [0.15, 0.2) is 0 Å². The Bertz CT molecular complexity index is 1860. The molecule has 0 amide bonds. The number of aliphatic hydroxyl groups is 1. The Labute approximate surface area is 302 Å². The van der Waals surface area contributed by atoms with Crippen molar-refractivity contribution in [2.75, 3.05) is 30.3 Å². The van der Waals surface area contributed by atoms with Gasteiger partial charge in [-0.15, -0.1) is 0 Å². The molecule has 0 radical (unpaired) electrons. The second kappa shape index (κ2) is 16.3. The second-order valence-corrected chi connectivity index (χ2v) is 16.1. The molecule has 4 aromatic carbocycles. The Morgan fingerprint density at radius 3 is 2.20 bits per heavy atom. The molecule has 4 aromatic rings. The molecule has 6 rings (SSSR count). The van der Waals surface area contributed by atoms with E-state index in [2.05, 4.69) is 48.4 Å². The molecule has 0 bridgehead atoms. The fraction of sp³-hybridized carbons (Fsp3) is 0.390. The number of rotatable bonds is 15. The Hall–Kier alpha value is -4.38. The highest BCUT2D eigenvalue weighted by Gasteiger charge is 2.28. The van der Waals surface area contributed by atoms with Crippen molar-refractivity contribution in [3.05, 3.63) is 125 Å². The third kappa shape index (κ3) is 10.1. The van der Waals surface area contributed by atoms with Gasteiger partial charge in [0.05, 0.1) is 24.0 Å². The smallest absolute Gasteiger partial charge is 0.232 e. The lowest BCUT2D eigenvalue weighted by atomic mass is 9.81. The summed E-state index contributed by atoms with van der Waals surface area (Å²) in [5.41, 5.74) is 4.38.